The second kappa shape index (κ2) is 11.1. The van der Waals surface area contributed by atoms with Crippen LogP contribution in [0.4, 0.5) is 0 Å². The molecular weight excluding hydrogens is 312 g/mol. The second-order valence-corrected chi connectivity index (χ2v) is 6.65. The minimum Gasteiger partial charge on any atom is -0.508 e. The lowest BCUT2D eigenvalue weighted by Gasteiger charge is -2.27. The van der Waals surface area contributed by atoms with Crippen LogP contribution in [0.25, 0.3) is 0 Å². The summed E-state index contributed by atoms with van der Waals surface area (Å²) in [5.41, 5.74) is 1.43. The first-order valence-electron chi connectivity index (χ1n) is 7.96. The van der Waals surface area contributed by atoms with Crippen molar-refractivity contribution in [3.05, 3.63) is 72.3 Å². The van der Waals surface area contributed by atoms with Crippen molar-refractivity contribution in [3.8, 4) is 11.5 Å². The molecule has 0 atom stereocenters. The quantitative estimate of drug-likeness (QED) is 0.641. The van der Waals surface area contributed by atoms with Crippen LogP contribution in [0.1, 0.15) is 41.0 Å². The van der Waals surface area contributed by atoms with Crippen LogP contribution in [-0.4, -0.2) is 16.0 Å². The van der Waals surface area contributed by atoms with Gasteiger partial charge in [0.1, 0.15) is 11.5 Å². The minimum absolute atomic E-state index is 0. The van der Waals surface area contributed by atoms with Crippen molar-refractivity contribution in [1.29, 1.82) is 0 Å². The number of carbonyl (C=O) groups excluding carboxylic acids is 1. The van der Waals surface area contributed by atoms with Crippen molar-refractivity contribution in [2.45, 2.75) is 41.0 Å². The van der Waals surface area contributed by atoms with Crippen molar-refractivity contribution < 1.29 is 15.0 Å². The van der Waals surface area contributed by atoms with Crippen LogP contribution < -0.4 is 0 Å². The highest BCUT2D eigenvalue weighted by molar-refractivity contribution is 5.91. The molecule has 0 heterocycles. The molecular formula is C22H30O3. The molecule has 136 valence electrons. The number of rotatable bonds is 0. The third-order valence-electron chi connectivity index (χ3n) is 3.33. The standard InChI is InChI=1S/C9H14O.2C6H6O.CH4/c1-7-4-8(10)6-9(2,3)5-7;2*7-6-4-2-1-3-5-6;/h4H,5-6H2,1-3H3;2*1-5,7H;1H4. The van der Waals surface area contributed by atoms with Crippen molar-refractivity contribution in [3.63, 3.8) is 0 Å². The molecule has 0 bridgehead atoms. The van der Waals surface area contributed by atoms with Crippen LogP contribution in [0, 0.1) is 5.41 Å². The SMILES string of the molecule is C.CC1=CC(=O)CC(C)(C)C1.Oc1ccccc1.Oc1ccccc1. The molecule has 2 aromatic carbocycles. The van der Waals surface area contributed by atoms with Crippen LogP contribution in [0.5, 0.6) is 11.5 Å². The van der Waals surface area contributed by atoms with Gasteiger partial charge in [0.05, 0.1) is 0 Å². The summed E-state index contributed by atoms with van der Waals surface area (Å²) in [6.07, 6.45) is 3.55. The molecule has 2 N–H and O–H groups in total. The molecule has 25 heavy (non-hydrogen) atoms. The number of allylic oxidation sites excluding steroid dienone is 2. The van der Waals surface area contributed by atoms with E-state index in [1.165, 1.54) is 5.57 Å². The normalized spacial score (nSPS) is 14.5. The average Bonchev–Trinajstić information content (AvgIpc) is 2.47. The fourth-order valence-electron chi connectivity index (χ4n) is 2.52. The molecule has 0 aliphatic heterocycles. The Morgan fingerprint density at radius 3 is 1.44 bits per heavy atom. The first-order chi connectivity index (χ1) is 11.3. The number of benzene rings is 2. The highest BCUT2D eigenvalue weighted by Gasteiger charge is 2.25. The van der Waals surface area contributed by atoms with E-state index in [9.17, 15) is 4.79 Å². The van der Waals surface area contributed by atoms with E-state index >= 15 is 0 Å². The summed E-state index contributed by atoms with van der Waals surface area (Å²) < 4.78 is 0. The molecule has 1 aliphatic rings. The molecule has 0 aromatic heterocycles. The van der Waals surface area contributed by atoms with Crippen LogP contribution in [0.15, 0.2) is 72.3 Å². The summed E-state index contributed by atoms with van der Waals surface area (Å²) in [5, 5.41) is 17.3. The zero-order valence-electron chi connectivity index (χ0n) is 14.6. The molecule has 0 saturated carbocycles. The van der Waals surface area contributed by atoms with Gasteiger partial charge in [-0.15, -0.1) is 0 Å². The number of aromatic hydroxyl groups is 2. The summed E-state index contributed by atoms with van der Waals surface area (Å²) in [4.78, 5) is 11.0. The summed E-state index contributed by atoms with van der Waals surface area (Å²) in [6, 6.07) is 17.4. The van der Waals surface area contributed by atoms with E-state index in [0.717, 1.165) is 6.42 Å². The van der Waals surface area contributed by atoms with Crippen molar-refractivity contribution in [2.24, 2.45) is 5.41 Å². The molecule has 0 fully saturated rings. The van der Waals surface area contributed by atoms with E-state index in [2.05, 4.69) is 13.8 Å². The Kier molecular flexibility index (Phi) is 9.95. The molecule has 3 heteroatoms. The number of phenolic OH excluding ortho intramolecular Hbond substituents is 2. The number of ketones is 1. The molecule has 0 radical (unpaired) electrons. The summed E-state index contributed by atoms with van der Waals surface area (Å²) in [6.45, 7) is 6.31. The molecule has 3 rings (SSSR count). The summed E-state index contributed by atoms with van der Waals surface area (Å²) >= 11 is 0. The Hall–Kier alpha value is -2.55. The number of para-hydroxylation sites is 2. The van der Waals surface area contributed by atoms with Crippen molar-refractivity contribution in [2.75, 3.05) is 0 Å². The van der Waals surface area contributed by atoms with Crippen LogP contribution >= 0.6 is 0 Å². The topological polar surface area (TPSA) is 57.5 Å². The predicted octanol–water partition coefficient (Wildman–Crippen LogP) is 5.74. The van der Waals surface area contributed by atoms with Gasteiger partial charge in [0.2, 0.25) is 0 Å². The lowest BCUT2D eigenvalue weighted by molar-refractivity contribution is -0.117. The third kappa shape index (κ3) is 10.8. The Morgan fingerprint density at radius 2 is 1.20 bits per heavy atom. The smallest absolute Gasteiger partial charge is 0.156 e. The van der Waals surface area contributed by atoms with E-state index in [0.29, 0.717) is 17.9 Å². The molecule has 0 saturated heterocycles. The summed E-state index contributed by atoms with van der Waals surface area (Å²) in [7, 11) is 0. The third-order valence-corrected chi connectivity index (χ3v) is 3.33. The van der Waals surface area contributed by atoms with E-state index in [4.69, 9.17) is 10.2 Å². The first kappa shape index (κ1) is 22.4. The Balaban J connectivity index is 0.000000347. The average molecular weight is 342 g/mol. The van der Waals surface area contributed by atoms with E-state index in [-0.39, 0.29) is 18.6 Å². The lowest BCUT2D eigenvalue weighted by atomic mass is 9.77. The maximum Gasteiger partial charge on any atom is 0.156 e. The maximum atomic E-state index is 11.0. The Labute approximate surface area is 151 Å². The predicted molar refractivity (Wildman–Crippen MR) is 105 cm³/mol. The van der Waals surface area contributed by atoms with Crippen LogP contribution in [-0.2, 0) is 4.79 Å². The van der Waals surface area contributed by atoms with Crippen molar-refractivity contribution in [1.82, 2.24) is 0 Å². The van der Waals surface area contributed by atoms with Crippen LogP contribution in [0.2, 0.25) is 0 Å². The van der Waals surface area contributed by atoms with Gasteiger partial charge >= 0.3 is 0 Å². The van der Waals surface area contributed by atoms with Gasteiger partial charge in [-0.05, 0) is 49.1 Å². The van der Waals surface area contributed by atoms with Gasteiger partial charge in [0.15, 0.2) is 5.78 Å². The van der Waals surface area contributed by atoms with Crippen molar-refractivity contribution >= 4 is 5.78 Å². The van der Waals surface area contributed by atoms with Gasteiger partial charge in [-0.25, -0.2) is 0 Å². The second-order valence-electron chi connectivity index (χ2n) is 6.65. The highest BCUT2D eigenvalue weighted by atomic mass is 16.3. The highest BCUT2D eigenvalue weighted by Crippen LogP contribution is 2.32. The molecule has 1 aliphatic carbocycles. The zero-order chi connectivity index (χ0) is 18.0. The van der Waals surface area contributed by atoms with E-state index < -0.39 is 0 Å². The molecule has 0 spiro atoms. The largest absolute Gasteiger partial charge is 0.508 e. The van der Waals surface area contributed by atoms with Gasteiger partial charge in [0.25, 0.3) is 0 Å². The maximum absolute atomic E-state index is 11.0. The first-order valence-corrected chi connectivity index (χ1v) is 7.96. The lowest BCUT2D eigenvalue weighted by Crippen LogP contribution is -2.20. The molecule has 2 aromatic rings. The minimum atomic E-state index is 0. The monoisotopic (exact) mass is 342 g/mol. The van der Waals surface area contributed by atoms with Gasteiger partial charge in [-0.2, -0.15) is 0 Å². The van der Waals surface area contributed by atoms with Gasteiger partial charge in [-0.3, -0.25) is 4.79 Å². The molecule has 3 nitrogen and oxygen atoms in total. The fourth-order valence-corrected chi connectivity index (χ4v) is 2.52. The number of hydrogen-bond donors (Lipinski definition) is 2. The van der Waals surface area contributed by atoms with Crippen LogP contribution in [0.3, 0.4) is 0 Å². The zero-order valence-corrected chi connectivity index (χ0v) is 14.6. The number of phenols is 2. The Bertz CT molecular complexity index is 606. The Morgan fingerprint density at radius 1 is 0.800 bits per heavy atom. The van der Waals surface area contributed by atoms with Gasteiger partial charge < -0.3 is 10.2 Å². The van der Waals surface area contributed by atoms with E-state index in [1.807, 2.05) is 19.1 Å². The molecule has 0 unspecified atom stereocenters. The fraction of sp³-hybridized carbons (Fsp3) is 0.318. The van der Waals surface area contributed by atoms with Gasteiger partial charge in [0, 0.05) is 6.42 Å². The number of hydrogen-bond acceptors (Lipinski definition) is 3. The number of carbonyl (C=O) groups is 1. The molecule has 0 amide bonds. The summed E-state index contributed by atoms with van der Waals surface area (Å²) in [5.74, 6) is 0.929. The van der Waals surface area contributed by atoms with E-state index in [1.54, 1.807) is 54.6 Å². The van der Waals surface area contributed by atoms with Gasteiger partial charge in [-0.1, -0.05) is 63.2 Å².